The molecule has 194 valence electrons. The normalized spacial score (nSPS) is 20.9. The van der Waals surface area contributed by atoms with E-state index in [0.29, 0.717) is 34.3 Å². The zero-order valence-electron chi connectivity index (χ0n) is 20.0. The molecule has 1 aliphatic heterocycles. The molecule has 2 aromatic rings. The smallest absolute Gasteiger partial charge is 0.149 e. The molecule has 0 unspecified atom stereocenters. The molecule has 0 aromatic carbocycles. The Morgan fingerprint density at radius 3 is 2.63 bits per heavy atom. The van der Waals surface area contributed by atoms with Crippen molar-refractivity contribution in [3.05, 3.63) is 40.9 Å². The van der Waals surface area contributed by atoms with E-state index >= 15 is 0 Å². The molecule has 4 rings (SSSR count). The van der Waals surface area contributed by atoms with Crippen molar-refractivity contribution >= 4 is 17.4 Å². The summed E-state index contributed by atoms with van der Waals surface area (Å²) in [7, 11) is 1.73. The fraction of sp³-hybridized carbons (Fsp3) is 0.630. The lowest BCUT2D eigenvalue weighted by Gasteiger charge is -2.29. The van der Waals surface area contributed by atoms with Crippen LogP contribution in [0.25, 0.3) is 11.3 Å². The number of aromatic nitrogens is 2. The van der Waals surface area contributed by atoms with Gasteiger partial charge < -0.3 is 20.1 Å². The largest absolute Gasteiger partial charge is 0.383 e. The first kappa shape index (κ1) is 27.8. The zero-order valence-corrected chi connectivity index (χ0v) is 20.7. The van der Waals surface area contributed by atoms with Crippen LogP contribution in [0.15, 0.2) is 24.4 Å². The summed E-state index contributed by atoms with van der Waals surface area (Å²) in [4.78, 5) is 9.12. The van der Waals surface area contributed by atoms with Gasteiger partial charge in [-0.3, -0.25) is 4.98 Å². The molecule has 2 aliphatic rings. The van der Waals surface area contributed by atoms with Gasteiger partial charge in [-0.2, -0.15) is 0 Å². The number of pyridine rings is 2. The molecule has 0 spiro atoms. The van der Waals surface area contributed by atoms with Crippen molar-refractivity contribution in [3.8, 4) is 11.3 Å². The van der Waals surface area contributed by atoms with Gasteiger partial charge in [-0.05, 0) is 75.0 Å². The van der Waals surface area contributed by atoms with Crippen LogP contribution in [-0.4, -0.2) is 56.0 Å². The third kappa shape index (κ3) is 8.10. The maximum Gasteiger partial charge on any atom is 0.149 e. The van der Waals surface area contributed by atoms with Gasteiger partial charge in [-0.1, -0.05) is 19.0 Å². The molecule has 0 atom stereocenters. The maximum atomic E-state index is 14.8. The van der Waals surface area contributed by atoms with Crippen LogP contribution >= 0.6 is 11.6 Å². The number of halogens is 2. The Morgan fingerprint density at radius 2 is 1.89 bits per heavy atom. The molecule has 6 nitrogen and oxygen atoms in total. The predicted octanol–water partition coefficient (Wildman–Crippen LogP) is 5.75. The first-order valence-corrected chi connectivity index (χ1v) is 12.9. The van der Waals surface area contributed by atoms with Crippen molar-refractivity contribution in [1.82, 2.24) is 15.3 Å². The van der Waals surface area contributed by atoms with Crippen molar-refractivity contribution in [1.29, 1.82) is 0 Å². The van der Waals surface area contributed by atoms with Crippen LogP contribution in [0.5, 0.6) is 0 Å². The summed E-state index contributed by atoms with van der Waals surface area (Å²) in [5.74, 6) is 1.41. The SMILES string of the molecule is C.COCCNC1CCC(Cc2cc(-c3nc(NCC4CCOCC4)ccc3F)c(Cl)cn2)CC1. The van der Waals surface area contributed by atoms with E-state index in [1.165, 1.54) is 6.07 Å². The standard InChI is InChI=1S/C26H36ClFN4O2.CH4/c1-33-13-10-29-20-4-2-18(3-5-20)14-21-15-22(23(27)17-30-21)26-24(28)6-7-25(32-26)31-16-19-8-11-34-12-9-19;/h6-7,15,17-20,29H,2-5,8-14,16H2,1H3,(H,31,32);1H4. The number of nitrogens with zero attached hydrogens (tertiary/aromatic N) is 2. The first-order chi connectivity index (χ1) is 16.6. The van der Waals surface area contributed by atoms with Crippen LogP contribution in [0.3, 0.4) is 0 Å². The highest BCUT2D eigenvalue weighted by atomic mass is 35.5. The van der Waals surface area contributed by atoms with Crippen LogP contribution in [-0.2, 0) is 15.9 Å². The van der Waals surface area contributed by atoms with Crippen LogP contribution in [0.4, 0.5) is 10.2 Å². The van der Waals surface area contributed by atoms with Gasteiger partial charge in [0.15, 0.2) is 0 Å². The summed E-state index contributed by atoms with van der Waals surface area (Å²) in [6.07, 6.45) is 9.20. The average Bonchev–Trinajstić information content (AvgIpc) is 2.87. The van der Waals surface area contributed by atoms with Gasteiger partial charge in [0.25, 0.3) is 0 Å². The molecular weight excluding hydrogens is 467 g/mol. The Labute approximate surface area is 214 Å². The van der Waals surface area contributed by atoms with Gasteiger partial charge in [0.2, 0.25) is 0 Å². The fourth-order valence-electron chi connectivity index (χ4n) is 4.94. The van der Waals surface area contributed by atoms with E-state index in [0.717, 1.165) is 83.5 Å². The second-order valence-electron chi connectivity index (χ2n) is 9.49. The number of nitrogens with one attached hydrogen (secondary N) is 2. The van der Waals surface area contributed by atoms with Crippen molar-refractivity contribution < 1.29 is 13.9 Å². The minimum absolute atomic E-state index is 0. The maximum absolute atomic E-state index is 14.8. The number of hydrogen-bond acceptors (Lipinski definition) is 6. The Morgan fingerprint density at radius 1 is 1.11 bits per heavy atom. The summed E-state index contributed by atoms with van der Waals surface area (Å²) < 4.78 is 25.3. The summed E-state index contributed by atoms with van der Waals surface area (Å²) in [6, 6.07) is 5.63. The summed E-state index contributed by atoms with van der Waals surface area (Å²) in [5.41, 5.74) is 1.82. The molecule has 35 heavy (non-hydrogen) atoms. The van der Waals surface area contributed by atoms with Gasteiger partial charge in [0.1, 0.15) is 17.3 Å². The number of anilines is 1. The zero-order chi connectivity index (χ0) is 23.8. The van der Waals surface area contributed by atoms with E-state index in [4.69, 9.17) is 21.1 Å². The average molecular weight is 507 g/mol. The Hall–Kier alpha value is -1.80. The Bertz CT molecular complexity index is 918. The van der Waals surface area contributed by atoms with Crippen LogP contribution < -0.4 is 10.6 Å². The van der Waals surface area contributed by atoms with E-state index in [2.05, 4.69) is 20.6 Å². The van der Waals surface area contributed by atoms with Crippen molar-refractivity contribution in [3.63, 3.8) is 0 Å². The number of methoxy groups -OCH3 is 1. The summed E-state index contributed by atoms with van der Waals surface area (Å²) >= 11 is 6.45. The lowest BCUT2D eigenvalue weighted by atomic mass is 9.83. The van der Waals surface area contributed by atoms with E-state index in [1.54, 1.807) is 19.4 Å². The second-order valence-corrected chi connectivity index (χ2v) is 9.89. The highest BCUT2D eigenvalue weighted by molar-refractivity contribution is 6.33. The molecule has 2 aromatic heterocycles. The second kappa shape index (κ2) is 14.1. The van der Waals surface area contributed by atoms with Crippen LogP contribution in [0, 0.1) is 17.7 Å². The molecule has 2 fully saturated rings. The molecule has 1 aliphatic carbocycles. The minimum atomic E-state index is -0.377. The summed E-state index contributed by atoms with van der Waals surface area (Å²) in [6.45, 7) is 4.05. The molecule has 2 N–H and O–H groups in total. The molecule has 3 heterocycles. The quantitative estimate of drug-likeness (QED) is 0.400. The number of ether oxygens (including phenoxy) is 2. The van der Waals surface area contributed by atoms with Gasteiger partial charge in [0, 0.05) is 56.9 Å². The number of hydrogen-bond donors (Lipinski definition) is 2. The van der Waals surface area contributed by atoms with Crippen molar-refractivity contribution in [2.24, 2.45) is 11.8 Å². The van der Waals surface area contributed by atoms with E-state index in [-0.39, 0.29) is 18.9 Å². The summed E-state index contributed by atoms with van der Waals surface area (Å²) in [5, 5.41) is 7.35. The Kier molecular flexibility index (Phi) is 11.2. The highest BCUT2D eigenvalue weighted by Gasteiger charge is 2.22. The van der Waals surface area contributed by atoms with Gasteiger partial charge >= 0.3 is 0 Å². The van der Waals surface area contributed by atoms with Gasteiger partial charge in [-0.25, -0.2) is 9.37 Å². The van der Waals surface area contributed by atoms with Gasteiger partial charge in [0.05, 0.1) is 11.6 Å². The third-order valence-electron chi connectivity index (χ3n) is 7.01. The third-order valence-corrected chi connectivity index (χ3v) is 7.31. The molecule has 0 amide bonds. The molecule has 1 saturated heterocycles. The van der Waals surface area contributed by atoms with E-state index < -0.39 is 0 Å². The molecule has 0 radical (unpaired) electrons. The van der Waals surface area contributed by atoms with Crippen molar-refractivity contribution in [2.45, 2.75) is 58.4 Å². The van der Waals surface area contributed by atoms with Crippen LogP contribution in [0.1, 0.15) is 51.6 Å². The molecule has 8 heteroatoms. The lowest BCUT2D eigenvalue weighted by Crippen LogP contribution is -2.35. The van der Waals surface area contributed by atoms with Gasteiger partial charge in [-0.15, -0.1) is 0 Å². The van der Waals surface area contributed by atoms with Crippen LogP contribution in [0.2, 0.25) is 5.02 Å². The topological polar surface area (TPSA) is 68.3 Å². The van der Waals surface area contributed by atoms with Crippen molar-refractivity contribution in [2.75, 3.05) is 45.3 Å². The predicted molar refractivity (Wildman–Crippen MR) is 141 cm³/mol. The molecule has 1 saturated carbocycles. The fourth-order valence-corrected chi connectivity index (χ4v) is 5.13. The lowest BCUT2D eigenvalue weighted by molar-refractivity contribution is 0.0699. The molecule has 0 bridgehead atoms. The Balaban J connectivity index is 0.00000342. The van der Waals surface area contributed by atoms with E-state index in [1.807, 2.05) is 6.07 Å². The first-order valence-electron chi connectivity index (χ1n) is 12.5. The highest BCUT2D eigenvalue weighted by Crippen LogP contribution is 2.32. The number of rotatable bonds is 10. The molecular formula is C27H40ClFN4O2. The monoisotopic (exact) mass is 506 g/mol. The minimum Gasteiger partial charge on any atom is -0.383 e. The van der Waals surface area contributed by atoms with E-state index in [9.17, 15) is 4.39 Å².